The zero-order chi connectivity index (χ0) is 26.2. The third-order valence-electron chi connectivity index (χ3n) is 7.32. The van der Waals surface area contributed by atoms with Gasteiger partial charge >= 0.3 is 0 Å². The van der Waals surface area contributed by atoms with E-state index in [1.165, 1.54) is 0 Å². The molecule has 0 unspecified atom stereocenters. The van der Waals surface area contributed by atoms with Gasteiger partial charge in [0, 0.05) is 53.7 Å². The molecule has 9 nitrogen and oxygen atoms in total. The molecule has 190 valence electrons. The minimum Gasteiger partial charge on any atom is -0.397 e. The molecule has 0 spiro atoms. The van der Waals surface area contributed by atoms with E-state index in [1.54, 1.807) is 29.0 Å². The Labute approximate surface area is 220 Å². The topological polar surface area (TPSA) is 128 Å². The van der Waals surface area contributed by atoms with E-state index in [2.05, 4.69) is 15.1 Å². The number of carbonyl (C=O) groups is 1. The highest BCUT2D eigenvalue weighted by atomic mass is 16.2. The highest BCUT2D eigenvalue weighted by molar-refractivity contribution is 5.97. The predicted octanol–water partition coefficient (Wildman–Crippen LogP) is 4.35. The molecule has 0 radical (unpaired) electrons. The van der Waals surface area contributed by atoms with Crippen LogP contribution in [0.2, 0.25) is 0 Å². The van der Waals surface area contributed by atoms with Crippen LogP contribution in [0, 0.1) is 6.92 Å². The number of hydrogen-bond donors (Lipinski definition) is 2. The number of rotatable bonds is 4. The smallest absolute Gasteiger partial charge is 0.274 e. The minimum absolute atomic E-state index is 0.134. The summed E-state index contributed by atoms with van der Waals surface area (Å²) < 4.78 is 1.70. The Kier molecular flexibility index (Phi) is 5.95. The number of benzene rings is 1. The van der Waals surface area contributed by atoms with Gasteiger partial charge in [-0.15, -0.1) is 0 Å². The van der Waals surface area contributed by atoms with Crippen molar-refractivity contribution in [3.05, 3.63) is 90.1 Å². The van der Waals surface area contributed by atoms with Crippen LogP contribution in [0.3, 0.4) is 0 Å². The van der Waals surface area contributed by atoms with Gasteiger partial charge < -0.3 is 16.4 Å². The maximum atomic E-state index is 13.0. The SMILES string of the molecule is Cc1c(C2CCN(C(=O)c3ncccc3N)CC2)nc2c(-c3ccc(-c4ccccc4)nc3)cnn2c1N. The molecule has 0 aliphatic carbocycles. The average molecular weight is 505 g/mol. The summed E-state index contributed by atoms with van der Waals surface area (Å²) in [5, 5.41) is 4.53. The molecule has 5 aromatic rings. The standard InChI is InChI=1S/C29H28N8O/c1-18-25(20-11-14-36(15-12-20)29(38)26-23(30)8-5-13-32-26)35-28-22(17-34-37(28)27(18)31)21-9-10-24(33-16-21)19-6-3-2-4-7-19/h2-10,13,16-17,20H,11-12,14-15,30-31H2,1H3. The van der Waals surface area contributed by atoms with Gasteiger partial charge in [0.25, 0.3) is 5.91 Å². The molecule has 1 aliphatic heterocycles. The molecule has 1 aromatic carbocycles. The van der Waals surface area contributed by atoms with Crippen LogP contribution in [0.1, 0.15) is 40.5 Å². The number of likely N-dealkylation sites (tertiary alicyclic amines) is 1. The lowest BCUT2D eigenvalue weighted by atomic mass is 9.90. The molecule has 4 N–H and O–H groups in total. The lowest BCUT2D eigenvalue weighted by Gasteiger charge is -2.32. The summed E-state index contributed by atoms with van der Waals surface area (Å²) in [6.45, 7) is 3.19. The molecular formula is C29H28N8O. The van der Waals surface area contributed by atoms with Crippen molar-refractivity contribution >= 4 is 23.1 Å². The normalized spacial score (nSPS) is 14.2. The molecule has 5 heterocycles. The molecule has 1 amide bonds. The second-order valence-corrected chi connectivity index (χ2v) is 9.61. The zero-order valence-electron chi connectivity index (χ0n) is 21.1. The number of hydrogen-bond acceptors (Lipinski definition) is 7. The fourth-order valence-electron chi connectivity index (χ4n) is 5.15. The van der Waals surface area contributed by atoms with E-state index in [0.717, 1.165) is 46.5 Å². The van der Waals surface area contributed by atoms with E-state index < -0.39 is 0 Å². The largest absolute Gasteiger partial charge is 0.397 e. The Morgan fingerprint density at radius 2 is 1.71 bits per heavy atom. The second-order valence-electron chi connectivity index (χ2n) is 9.61. The molecule has 1 fully saturated rings. The number of pyridine rings is 2. The lowest BCUT2D eigenvalue weighted by Crippen LogP contribution is -2.39. The first-order chi connectivity index (χ1) is 18.5. The van der Waals surface area contributed by atoms with Crippen LogP contribution in [-0.2, 0) is 0 Å². The first-order valence-electron chi connectivity index (χ1n) is 12.7. The number of nitrogens with two attached hydrogens (primary N) is 2. The van der Waals surface area contributed by atoms with Crippen LogP contribution in [0.15, 0.2) is 73.2 Å². The van der Waals surface area contributed by atoms with Crippen LogP contribution in [0.5, 0.6) is 0 Å². The summed E-state index contributed by atoms with van der Waals surface area (Å²) in [6.07, 6.45) is 6.79. The van der Waals surface area contributed by atoms with Crippen LogP contribution in [0.25, 0.3) is 28.0 Å². The zero-order valence-corrected chi connectivity index (χ0v) is 21.1. The number of amides is 1. The van der Waals surface area contributed by atoms with Crippen LogP contribution >= 0.6 is 0 Å². The molecule has 1 aliphatic rings. The second kappa shape index (κ2) is 9.59. The van der Waals surface area contributed by atoms with Crippen molar-refractivity contribution in [1.82, 2.24) is 29.5 Å². The monoisotopic (exact) mass is 504 g/mol. The van der Waals surface area contributed by atoms with Gasteiger partial charge in [-0.3, -0.25) is 9.78 Å². The van der Waals surface area contributed by atoms with Crippen molar-refractivity contribution in [2.24, 2.45) is 0 Å². The van der Waals surface area contributed by atoms with Gasteiger partial charge in [0.05, 0.1) is 23.3 Å². The maximum absolute atomic E-state index is 13.0. The highest BCUT2D eigenvalue weighted by Gasteiger charge is 2.29. The van der Waals surface area contributed by atoms with Gasteiger partial charge in [0.1, 0.15) is 5.82 Å². The van der Waals surface area contributed by atoms with E-state index in [9.17, 15) is 4.79 Å². The van der Waals surface area contributed by atoms with Crippen LogP contribution in [0.4, 0.5) is 11.5 Å². The van der Waals surface area contributed by atoms with E-state index in [0.29, 0.717) is 35.9 Å². The molecule has 9 heteroatoms. The van der Waals surface area contributed by atoms with Crippen LogP contribution in [-0.4, -0.2) is 48.5 Å². The summed E-state index contributed by atoms with van der Waals surface area (Å²) in [5.74, 6) is 0.615. The van der Waals surface area contributed by atoms with Crippen molar-refractivity contribution in [3.63, 3.8) is 0 Å². The van der Waals surface area contributed by atoms with Crippen molar-refractivity contribution in [3.8, 4) is 22.4 Å². The van der Waals surface area contributed by atoms with Crippen LogP contribution < -0.4 is 11.5 Å². The minimum atomic E-state index is -0.134. The maximum Gasteiger partial charge on any atom is 0.274 e. The molecule has 1 saturated heterocycles. The summed E-state index contributed by atoms with van der Waals surface area (Å²) in [5.41, 5.74) is 19.6. The Hall–Kier alpha value is -4.79. The van der Waals surface area contributed by atoms with Gasteiger partial charge in [-0.05, 0) is 38.0 Å². The lowest BCUT2D eigenvalue weighted by molar-refractivity contribution is 0.0707. The molecular weight excluding hydrogens is 476 g/mol. The van der Waals surface area contributed by atoms with E-state index in [-0.39, 0.29) is 11.8 Å². The van der Waals surface area contributed by atoms with E-state index in [1.807, 2.05) is 60.5 Å². The fourth-order valence-corrected chi connectivity index (χ4v) is 5.15. The van der Waals surface area contributed by atoms with Gasteiger partial charge in [0.15, 0.2) is 11.3 Å². The van der Waals surface area contributed by atoms with Gasteiger partial charge in [-0.25, -0.2) is 9.97 Å². The predicted molar refractivity (Wildman–Crippen MR) is 147 cm³/mol. The van der Waals surface area contributed by atoms with Gasteiger partial charge in [-0.1, -0.05) is 36.4 Å². The summed E-state index contributed by atoms with van der Waals surface area (Å²) >= 11 is 0. The Morgan fingerprint density at radius 3 is 2.42 bits per heavy atom. The average Bonchev–Trinajstić information content (AvgIpc) is 3.40. The molecule has 4 aromatic heterocycles. The molecule has 38 heavy (non-hydrogen) atoms. The first-order valence-corrected chi connectivity index (χ1v) is 12.7. The Bertz CT molecular complexity index is 1620. The van der Waals surface area contributed by atoms with Gasteiger partial charge in [-0.2, -0.15) is 9.61 Å². The summed E-state index contributed by atoms with van der Waals surface area (Å²) in [4.78, 5) is 28.7. The van der Waals surface area contributed by atoms with Crippen molar-refractivity contribution in [2.75, 3.05) is 24.6 Å². The summed E-state index contributed by atoms with van der Waals surface area (Å²) in [7, 11) is 0. The van der Waals surface area contributed by atoms with Gasteiger partial charge in [0.2, 0.25) is 0 Å². The number of nitrogens with zero attached hydrogens (tertiary/aromatic N) is 6. The number of aromatic nitrogens is 5. The van der Waals surface area contributed by atoms with E-state index in [4.69, 9.17) is 16.5 Å². The third-order valence-corrected chi connectivity index (χ3v) is 7.32. The highest BCUT2D eigenvalue weighted by Crippen LogP contribution is 2.34. The number of carbonyl (C=O) groups excluding carboxylic acids is 1. The molecule has 0 atom stereocenters. The summed E-state index contributed by atoms with van der Waals surface area (Å²) in [6, 6.07) is 17.5. The number of nitrogen functional groups attached to an aromatic ring is 2. The van der Waals surface area contributed by atoms with Crippen molar-refractivity contribution < 1.29 is 4.79 Å². The Balaban J connectivity index is 1.27. The quantitative estimate of drug-likeness (QED) is 0.372. The Morgan fingerprint density at radius 1 is 0.921 bits per heavy atom. The first kappa shape index (κ1) is 23.6. The third kappa shape index (κ3) is 4.11. The number of anilines is 2. The van der Waals surface area contributed by atoms with Crippen molar-refractivity contribution in [1.29, 1.82) is 0 Å². The molecule has 6 rings (SSSR count). The fraction of sp³-hybridized carbons (Fsp3) is 0.207. The molecule has 0 saturated carbocycles. The molecule has 0 bridgehead atoms. The number of fused-ring (bicyclic) bond motifs is 1. The number of piperidine rings is 1. The van der Waals surface area contributed by atoms with E-state index >= 15 is 0 Å². The van der Waals surface area contributed by atoms with Crippen molar-refractivity contribution in [2.45, 2.75) is 25.7 Å².